The third kappa shape index (κ3) is 2.39. The Kier molecular flexibility index (Phi) is 3.45. The lowest BCUT2D eigenvalue weighted by Crippen LogP contribution is -2.52. The van der Waals surface area contributed by atoms with Gasteiger partial charge in [-0.25, -0.2) is 0 Å². The molecule has 2 saturated heterocycles. The van der Waals surface area contributed by atoms with Gasteiger partial charge in [0.25, 0.3) is 0 Å². The van der Waals surface area contributed by atoms with Gasteiger partial charge in [0.2, 0.25) is 0 Å². The molecule has 17 heavy (non-hydrogen) atoms. The summed E-state index contributed by atoms with van der Waals surface area (Å²) >= 11 is 0. The van der Waals surface area contributed by atoms with Crippen LogP contribution in [0.3, 0.4) is 0 Å². The molecular formula is C15H27NO. The zero-order valence-corrected chi connectivity index (χ0v) is 11.3. The molecule has 2 heteroatoms. The Morgan fingerprint density at radius 1 is 1.06 bits per heavy atom. The summed E-state index contributed by atoms with van der Waals surface area (Å²) < 4.78 is 6.36. The van der Waals surface area contributed by atoms with Gasteiger partial charge < -0.3 is 4.74 Å². The largest absolute Gasteiger partial charge is 0.360 e. The maximum Gasteiger partial charge on any atom is 0.111 e. The highest BCUT2D eigenvalue weighted by Gasteiger charge is 2.42. The molecule has 3 fully saturated rings. The summed E-state index contributed by atoms with van der Waals surface area (Å²) in [7, 11) is 0. The first-order valence-corrected chi connectivity index (χ1v) is 7.63. The number of hydrogen-bond acceptors (Lipinski definition) is 2. The maximum absolute atomic E-state index is 6.36. The number of rotatable bonds is 1. The minimum absolute atomic E-state index is 0.385. The summed E-state index contributed by atoms with van der Waals surface area (Å²) in [5.74, 6) is 3.40. The zero-order chi connectivity index (χ0) is 11.8. The van der Waals surface area contributed by atoms with Crippen molar-refractivity contribution in [1.82, 2.24) is 5.32 Å². The van der Waals surface area contributed by atoms with Gasteiger partial charge in [0, 0.05) is 0 Å². The van der Waals surface area contributed by atoms with E-state index in [1.165, 1.54) is 38.5 Å². The summed E-state index contributed by atoms with van der Waals surface area (Å²) in [6, 6.07) is 0. The van der Waals surface area contributed by atoms with Crippen LogP contribution in [0.5, 0.6) is 0 Å². The Bertz CT molecular complexity index is 266. The molecule has 0 bridgehead atoms. The molecule has 0 radical (unpaired) electrons. The van der Waals surface area contributed by atoms with E-state index >= 15 is 0 Å². The Balaban J connectivity index is 1.64. The lowest BCUT2D eigenvalue weighted by Gasteiger charge is -2.48. The van der Waals surface area contributed by atoms with E-state index in [2.05, 4.69) is 19.2 Å². The third-order valence-electron chi connectivity index (χ3n) is 5.36. The minimum atomic E-state index is 0.385. The van der Waals surface area contributed by atoms with Crippen molar-refractivity contribution in [2.75, 3.05) is 6.54 Å². The van der Waals surface area contributed by atoms with E-state index in [4.69, 9.17) is 4.74 Å². The molecule has 0 amide bonds. The molecule has 2 nitrogen and oxygen atoms in total. The molecule has 3 aliphatic rings. The molecule has 5 unspecified atom stereocenters. The van der Waals surface area contributed by atoms with Crippen LogP contribution in [0.1, 0.15) is 52.4 Å². The average Bonchev–Trinajstić information content (AvgIpc) is 2.35. The van der Waals surface area contributed by atoms with Crippen molar-refractivity contribution in [3.8, 4) is 0 Å². The minimum Gasteiger partial charge on any atom is -0.360 e. The topological polar surface area (TPSA) is 21.3 Å². The molecule has 5 atom stereocenters. The molecule has 0 aromatic rings. The van der Waals surface area contributed by atoms with Gasteiger partial charge in [-0.3, -0.25) is 5.32 Å². The number of hydrogen-bond donors (Lipinski definition) is 1. The lowest BCUT2D eigenvalue weighted by atomic mass is 9.70. The van der Waals surface area contributed by atoms with E-state index in [0.29, 0.717) is 12.3 Å². The fraction of sp³-hybridized carbons (Fsp3) is 1.00. The standard InChI is InChI=1S/C15H27NO/c1-10(2)11-5-6-12-8-13-4-3-7-16-15(13)17-14(12)9-11/h10-16H,3-9H2,1-2H3. The number of fused-ring (bicyclic) bond motifs is 2. The second-order valence-electron chi connectivity index (χ2n) is 6.76. The Morgan fingerprint density at radius 3 is 2.76 bits per heavy atom. The van der Waals surface area contributed by atoms with Gasteiger partial charge in [0.15, 0.2) is 0 Å². The number of ether oxygens (including phenoxy) is 1. The zero-order valence-electron chi connectivity index (χ0n) is 11.3. The van der Waals surface area contributed by atoms with E-state index in [9.17, 15) is 0 Å². The molecule has 2 heterocycles. The summed E-state index contributed by atoms with van der Waals surface area (Å²) in [6.07, 6.45) is 9.26. The van der Waals surface area contributed by atoms with Crippen LogP contribution in [0.4, 0.5) is 0 Å². The van der Waals surface area contributed by atoms with Gasteiger partial charge in [-0.05, 0) is 68.7 Å². The molecule has 0 aromatic carbocycles. The molecular weight excluding hydrogens is 210 g/mol. The van der Waals surface area contributed by atoms with E-state index < -0.39 is 0 Å². The maximum atomic E-state index is 6.36. The van der Waals surface area contributed by atoms with Crippen LogP contribution >= 0.6 is 0 Å². The highest BCUT2D eigenvalue weighted by atomic mass is 16.5. The first-order valence-electron chi connectivity index (χ1n) is 7.63. The smallest absolute Gasteiger partial charge is 0.111 e. The first kappa shape index (κ1) is 12.0. The molecule has 98 valence electrons. The summed E-state index contributed by atoms with van der Waals surface area (Å²) in [4.78, 5) is 0. The normalized spacial score (nSPS) is 46.4. The fourth-order valence-corrected chi connectivity index (χ4v) is 4.17. The second kappa shape index (κ2) is 4.89. The van der Waals surface area contributed by atoms with Crippen LogP contribution in [-0.2, 0) is 4.74 Å². The number of piperidine rings is 1. The Hall–Kier alpha value is -0.0800. The summed E-state index contributed by atoms with van der Waals surface area (Å²) in [5, 5.41) is 3.58. The van der Waals surface area contributed by atoms with Crippen LogP contribution in [0.25, 0.3) is 0 Å². The molecule has 0 spiro atoms. The summed E-state index contributed by atoms with van der Waals surface area (Å²) in [5.41, 5.74) is 0. The third-order valence-corrected chi connectivity index (χ3v) is 5.36. The van der Waals surface area contributed by atoms with Crippen LogP contribution in [0.2, 0.25) is 0 Å². The molecule has 0 aromatic heterocycles. The van der Waals surface area contributed by atoms with Crippen LogP contribution in [0.15, 0.2) is 0 Å². The van der Waals surface area contributed by atoms with Gasteiger partial charge >= 0.3 is 0 Å². The van der Waals surface area contributed by atoms with Crippen molar-refractivity contribution in [2.45, 2.75) is 64.7 Å². The Morgan fingerprint density at radius 2 is 1.94 bits per heavy atom. The average molecular weight is 237 g/mol. The van der Waals surface area contributed by atoms with Crippen LogP contribution in [0, 0.1) is 23.7 Å². The van der Waals surface area contributed by atoms with Crippen molar-refractivity contribution in [3.05, 3.63) is 0 Å². The van der Waals surface area contributed by atoms with Gasteiger partial charge in [-0.15, -0.1) is 0 Å². The quantitative estimate of drug-likeness (QED) is 0.756. The summed E-state index contributed by atoms with van der Waals surface area (Å²) in [6.45, 7) is 5.90. The number of nitrogens with one attached hydrogen (secondary N) is 1. The molecule has 1 N–H and O–H groups in total. The molecule has 1 aliphatic carbocycles. The lowest BCUT2D eigenvalue weighted by molar-refractivity contribution is -0.159. The van der Waals surface area contributed by atoms with Gasteiger partial charge in [0.1, 0.15) is 6.23 Å². The Labute approximate surface area is 105 Å². The highest BCUT2D eigenvalue weighted by Crippen LogP contribution is 2.43. The van der Waals surface area contributed by atoms with Crippen molar-refractivity contribution >= 4 is 0 Å². The van der Waals surface area contributed by atoms with Gasteiger partial charge in [-0.2, -0.15) is 0 Å². The first-order chi connectivity index (χ1) is 8.24. The second-order valence-corrected chi connectivity index (χ2v) is 6.76. The van der Waals surface area contributed by atoms with Crippen molar-refractivity contribution in [3.63, 3.8) is 0 Å². The highest BCUT2D eigenvalue weighted by molar-refractivity contribution is 4.90. The van der Waals surface area contributed by atoms with Gasteiger partial charge in [-0.1, -0.05) is 13.8 Å². The SMILES string of the molecule is CC(C)C1CCC2CC3CCCNC3OC2C1. The van der Waals surface area contributed by atoms with E-state index in [1.807, 2.05) is 0 Å². The fourth-order valence-electron chi connectivity index (χ4n) is 4.17. The van der Waals surface area contributed by atoms with Gasteiger partial charge in [0.05, 0.1) is 6.10 Å². The van der Waals surface area contributed by atoms with Crippen LogP contribution < -0.4 is 5.32 Å². The molecule has 2 aliphatic heterocycles. The van der Waals surface area contributed by atoms with E-state index in [0.717, 1.165) is 30.2 Å². The van der Waals surface area contributed by atoms with Crippen molar-refractivity contribution in [1.29, 1.82) is 0 Å². The van der Waals surface area contributed by atoms with Crippen molar-refractivity contribution < 1.29 is 4.74 Å². The molecule has 1 saturated carbocycles. The predicted molar refractivity (Wildman–Crippen MR) is 69.7 cm³/mol. The molecule has 3 rings (SSSR count). The van der Waals surface area contributed by atoms with Crippen molar-refractivity contribution in [2.24, 2.45) is 23.7 Å². The van der Waals surface area contributed by atoms with Crippen LogP contribution in [-0.4, -0.2) is 18.9 Å². The van der Waals surface area contributed by atoms with E-state index in [-0.39, 0.29) is 0 Å². The predicted octanol–water partition coefficient (Wildman–Crippen LogP) is 3.17. The monoisotopic (exact) mass is 237 g/mol. The van der Waals surface area contributed by atoms with E-state index in [1.54, 1.807) is 0 Å².